The van der Waals surface area contributed by atoms with Crippen LogP contribution in [0.2, 0.25) is 0 Å². The molecule has 0 aliphatic carbocycles. The molecular weight excluding hydrogens is 144 g/mol. The quantitative estimate of drug-likeness (QED) is 0.709. The first-order valence-electron chi connectivity index (χ1n) is 3.42. The summed E-state index contributed by atoms with van der Waals surface area (Å²) in [7, 11) is 0. The molecule has 0 aromatic carbocycles. The van der Waals surface area contributed by atoms with E-state index in [2.05, 4.69) is 11.3 Å². The van der Waals surface area contributed by atoms with Gasteiger partial charge in [0.15, 0.2) is 0 Å². The Bertz CT molecular complexity index is 207. The highest BCUT2D eigenvalue weighted by Gasteiger charge is 2.07. The molecule has 0 amide bonds. The van der Waals surface area contributed by atoms with Gasteiger partial charge in [-0.1, -0.05) is 6.92 Å². The standard InChI is InChI=1S/C7H12N2S/c1-3-6(8)7-5(2)4-9-10-7/h4,6H,3,8H2,1-2H3. The molecule has 1 atom stereocenters. The highest BCUT2D eigenvalue weighted by Crippen LogP contribution is 2.21. The Morgan fingerprint density at radius 2 is 2.50 bits per heavy atom. The number of hydrogen-bond acceptors (Lipinski definition) is 3. The minimum Gasteiger partial charge on any atom is -0.323 e. The molecule has 1 aromatic rings. The van der Waals surface area contributed by atoms with Crippen LogP contribution in [0.3, 0.4) is 0 Å². The molecule has 1 aromatic heterocycles. The Labute approximate surface area is 65.2 Å². The fourth-order valence-electron chi connectivity index (χ4n) is 0.843. The predicted molar refractivity (Wildman–Crippen MR) is 44.1 cm³/mol. The van der Waals surface area contributed by atoms with Crippen molar-refractivity contribution in [3.05, 3.63) is 16.6 Å². The largest absolute Gasteiger partial charge is 0.323 e. The molecule has 1 rings (SSSR count). The van der Waals surface area contributed by atoms with Gasteiger partial charge >= 0.3 is 0 Å². The summed E-state index contributed by atoms with van der Waals surface area (Å²) in [6, 6.07) is 0.187. The Hall–Kier alpha value is -0.410. The lowest BCUT2D eigenvalue weighted by Crippen LogP contribution is -2.07. The molecular formula is C7H12N2S. The average Bonchev–Trinajstić information content (AvgIpc) is 2.34. The topological polar surface area (TPSA) is 38.9 Å². The first-order valence-corrected chi connectivity index (χ1v) is 4.19. The van der Waals surface area contributed by atoms with E-state index in [0.717, 1.165) is 6.42 Å². The van der Waals surface area contributed by atoms with Crippen molar-refractivity contribution in [1.29, 1.82) is 0 Å². The van der Waals surface area contributed by atoms with Crippen LogP contribution in [0.15, 0.2) is 6.20 Å². The molecule has 10 heavy (non-hydrogen) atoms. The van der Waals surface area contributed by atoms with Crippen molar-refractivity contribution in [2.45, 2.75) is 26.3 Å². The first kappa shape index (κ1) is 7.69. The maximum Gasteiger partial charge on any atom is 0.0449 e. The third-order valence-corrected chi connectivity index (χ3v) is 2.59. The molecule has 3 heteroatoms. The summed E-state index contributed by atoms with van der Waals surface area (Å²) in [6.45, 7) is 4.14. The molecule has 0 bridgehead atoms. The van der Waals surface area contributed by atoms with Crippen LogP contribution in [0.25, 0.3) is 0 Å². The van der Waals surface area contributed by atoms with Crippen LogP contribution < -0.4 is 5.73 Å². The third-order valence-electron chi connectivity index (χ3n) is 1.56. The van der Waals surface area contributed by atoms with Gasteiger partial charge in [-0.25, -0.2) is 4.37 Å². The summed E-state index contributed by atoms with van der Waals surface area (Å²) in [6.07, 6.45) is 2.86. The Balaban J connectivity index is 2.82. The van der Waals surface area contributed by atoms with Crippen LogP contribution in [0.5, 0.6) is 0 Å². The lowest BCUT2D eigenvalue weighted by molar-refractivity contribution is 0.708. The molecule has 2 N–H and O–H groups in total. The third kappa shape index (κ3) is 1.36. The van der Waals surface area contributed by atoms with Crippen molar-refractivity contribution < 1.29 is 0 Å². The molecule has 1 unspecified atom stereocenters. The van der Waals surface area contributed by atoms with Crippen LogP contribution in [0, 0.1) is 6.92 Å². The van der Waals surface area contributed by atoms with Gasteiger partial charge in [-0.15, -0.1) is 0 Å². The van der Waals surface area contributed by atoms with Gasteiger partial charge in [0.1, 0.15) is 0 Å². The zero-order valence-corrected chi connectivity index (χ0v) is 7.11. The summed E-state index contributed by atoms with van der Waals surface area (Å²) in [5.41, 5.74) is 7.03. The fourth-order valence-corrected chi connectivity index (χ4v) is 1.67. The second-order valence-corrected chi connectivity index (χ2v) is 3.22. The number of aromatic nitrogens is 1. The molecule has 0 fully saturated rings. The second kappa shape index (κ2) is 3.12. The van der Waals surface area contributed by atoms with Crippen LogP contribution in [0.4, 0.5) is 0 Å². The summed E-state index contributed by atoms with van der Waals surface area (Å²) >= 11 is 1.51. The monoisotopic (exact) mass is 156 g/mol. The number of aryl methyl sites for hydroxylation is 1. The van der Waals surface area contributed by atoms with Crippen molar-refractivity contribution in [1.82, 2.24) is 4.37 Å². The van der Waals surface area contributed by atoms with Crippen molar-refractivity contribution in [2.24, 2.45) is 5.73 Å². The molecule has 0 aliphatic heterocycles. The van der Waals surface area contributed by atoms with E-state index in [1.165, 1.54) is 22.0 Å². The molecule has 2 nitrogen and oxygen atoms in total. The molecule has 1 heterocycles. The van der Waals surface area contributed by atoms with Crippen LogP contribution in [-0.2, 0) is 0 Å². The maximum atomic E-state index is 5.81. The second-order valence-electron chi connectivity index (χ2n) is 2.39. The van der Waals surface area contributed by atoms with Gasteiger partial charge in [0.25, 0.3) is 0 Å². The normalized spacial score (nSPS) is 13.5. The number of hydrogen-bond donors (Lipinski definition) is 1. The van der Waals surface area contributed by atoms with Gasteiger partial charge in [0, 0.05) is 17.1 Å². The van der Waals surface area contributed by atoms with E-state index in [1.54, 1.807) is 0 Å². The SMILES string of the molecule is CCC(N)c1sncc1C. The lowest BCUT2D eigenvalue weighted by Gasteiger charge is -2.04. The fraction of sp³-hybridized carbons (Fsp3) is 0.571. The van der Waals surface area contributed by atoms with E-state index >= 15 is 0 Å². The number of nitrogens with zero attached hydrogens (tertiary/aromatic N) is 1. The van der Waals surface area contributed by atoms with E-state index < -0.39 is 0 Å². The molecule has 0 spiro atoms. The minimum absolute atomic E-state index is 0.187. The molecule has 0 aliphatic rings. The van der Waals surface area contributed by atoms with E-state index in [4.69, 9.17) is 5.73 Å². The van der Waals surface area contributed by atoms with Crippen molar-refractivity contribution in [3.8, 4) is 0 Å². The van der Waals surface area contributed by atoms with E-state index in [1.807, 2.05) is 13.1 Å². The first-order chi connectivity index (χ1) is 4.75. The van der Waals surface area contributed by atoms with Crippen LogP contribution >= 0.6 is 11.5 Å². The smallest absolute Gasteiger partial charge is 0.0449 e. The van der Waals surface area contributed by atoms with E-state index in [-0.39, 0.29) is 6.04 Å². The van der Waals surface area contributed by atoms with Crippen LogP contribution in [0.1, 0.15) is 29.8 Å². The number of rotatable bonds is 2. The molecule has 0 saturated heterocycles. The van der Waals surface area contributed by atoms with Crippen LogP contribution in [-0.4, -0.2) is 4.37 Å². The van der Waals surface area contributed by atoms with Crippen molar-refractivity contribution >= 4 is 11.5 Å². The Morgan fingerprint density at radius 3 is 2.90 bits per heavy atom. The summed E-state index contributed by atoms with van der Waals surface area (Å²) < 4.78 is 4.05. The van der Waals surface area contributed by atoms with Gasteiger partial charge in [-0.2, -0.15) is 0 Å². The zero-order valence-electron chi connectivity index (χ0n) is 6.29. The molecule has 56 valence electrons. The van der Waals surface area contributed by atoms with Gasteiger partial charge < -0.3 is 5.73 Å². The van der Waals surface area contributed by atoms with Crippen molar-refractivity contribution in [2.75, 3.05) is 0 Å². The van der Waals surface area contributed by atoms with Crippen molar-refractivity contribution in [3.63, 3.8) is 0 Å². The zero-order chi connectivity index (χ0) is 7.56. The lowest BCUT2D eigenvalue weighted by atomic mass is 10.1. The highest BCUT2D eigenvalue weighted by atomic mass is 32.1. The summed E-state index contributed by atoms with van der Waals surface area (Å²) in [5, 5.41) is 0. The Morgan fingerprint density at radius 1 is 1.80 bits per heavy atom. The maximum absolute atomic E-state index is 5.81. The summed E-state index contributed by atoms with van der Waals surface area (Å²) in [5.74, 6) is 0. The molecule has 0 radical (unpaired) electrons. The predicted octanol–water partition coefficient (Wildman–Crippen LogP) is 1.86. The van der Waals surface area contributed by atoms with E-state index in [9.17, 15) is 0 Å². The molecule has 0 saturated carbocycles. The minimum atomic E-state index is 0.187. The Kier molecular flexibility index (Phi) is 2.40. The van der Waals surface area contributed by atoms with Gasteiger partial charge in [-0.3, -0.25) is 0 Å². The van der Waals surface area contributed by atoms with E-state index in [0.29, 0.717) is 0 Å². The van der Waals surface area contributed by atoms with Gasteiger partial charge in [0.05, 0.1) is 0 Å². The van der Waals surface area contributed by atoms with Gasteiger partial charge in [0.2, 0.25) is 0 Å². The average molecular weight is 156 g/mol. The highest BCUT2D eigenvalue weighted by molar-refractivity contribution is 7.06. The van der Waals surface area contributed by atoms with Gasteiger partial charge in [-0.05, 0) is 30.4 Å². The summed E-state index contributed by atoms with van der Waals surface area (Å²) in [4.78, 5) is 1.22. The number of nitrogens with two attached hydrogens (primary N) is 1.